The van der Waals surface area contributed by atoms with Crippen LogP contribution in [0, 0.1) is 6.92 Å². The van der Waals surface area contributed by atoms with Gasteiger partial charge >= 0.3 is 0 Å². The maximum Gasteiger partial charge on any atom is 0.261 e. The van der Waals surface area contributed by atoms with Crippen molar-refractivity contribution in [3.63, 3.8) is 0 Å². The number of anilines is 3. The number of rotatable bonds is 5. The summed E-state index contributed by atoms with van der Waals surface area (Å²) >= 11 is 5.82. The smallest absolute Gasteiger partial charge is 0.261 e. The summed E-state index contributed by atoms with van der Waals surface area (Å²) in [4.78, 5) is 8.34. The summed E-state index contributed by atoms with van der Waals surface area (Å²) in [5.41, 5.74) is 1.84. The number of halogens is 1. The normalized spacial score (nSPS) is 11.1. The van der Waals surface area contributed by atoms with E-state index in [0.717, 1.165) is 5.56 Å². The van der Waals surface area contributed by atoms with E-state index in [4.69, 9.17) is 11.6 Å². The maximum atomic E-state index is 12.6. The van der Waals surface area contributed by atoms with Gasteiger partial charge in [-0.1, -0.05) is 23.7 Å². The van der Waals surface area contributed by atoms with E-state index < -0.39 is 10.0 Å². The van der Waals surface area contributed by atoms with Gasteiger partial charge in [-0.15, -0.1) is 0 Å². The monoisotopic (exact) mass is 374 g/mol. The highest BCUT2D eigenvalue weighted by Gasteiger charge is 2.17. The summed E-state index contributed by atoms with van der Waals surface area (Å²) in [7, 11) is -3.75. The number of para-hydroxylation sites is 1. The van der Waals surface area contributed by atoms with Crippen LogP contribution in [0.3, 0.4) is 0 Å². The van der Waals surface area contributed by atoms with Crippen molar-refractivity contribution in [2.24, 2.45) is 0 Å². The molecule has 3 rings (SSSR count). The third-order valence-corrected chi connectivity index (χ3v) is 5.08. The Labute approximate surface area is 151 Å². The SMILES string of the molecule is Cc1cccc(NS(=O)(=O)c2ccc(Cl)cc2)c1Nc1ncccn1. The van der Waals surface area contributed by atoms with Gasteiger partial charge in [0, 0.05) is 17.4 Å². The first-order valence-corrected chi connectivity index (χ1v) is 9.24. The Kier molecular flexibility index (Phi) is 4.87. The zero-order chi connectivity index (χ0) is 17.9. The average Bonchev–Trinajstić information content (AvgIpc) is 2.59. The molecule has 2 N–H and O–H groups in total. The van der Waals surface area contributed by atoms with Crippen molar-refractivity contribution >= 4 is 38.9 Å². The second-order valence-electron chi connectivity index (χ2n) is 5.25. The molecule has 0 amide bonds. The lowest BCUT2D eigenvalue weighted by molar-refractivity contribution is 0.601. The first kappa shape index (κ1) is 17.2. The zero-order valence-corrected chi connectivity index (χ0v) is 14.8. The number of aromatic nitrogens is 2. The molecule has 0 spiro atoms. The third-order valence-electron chi connectivity index (χ3n) is 3.44. The molecule has 0 saturated carbocycles. The average molecular weight is 375 g/mol. The maximum absolute atomic E-state index is 12.6. The molecule has 1 aromatic heterocycles. The topological polar surface area (TPSA) is 84.0 Å². The van der Waals surface area contributed by atoms with Gasteiger partial charge in [0.2, 0.25) is 5.95 Å². The second kappa shape index (κ2) is 7.08. The quantitative estimate of drug-likeness (QED) is 0.705. The Morgan fingerprint density at radius 1 is 0.960 bits per heavy atom. The molecule has 0 atom stereocenters. The molecule has 3 aromatic rings. The van der Waals surface area contributed by atoms with Gasteiger partial charge in [-0.25, -0.2) is 18.4 Å². The van der Waals surface area contributed by atoms with Crippen molar-refractivity contribution in [2.45, 2.75) is 11.8 Å². The van der Waals surface area contributed by atoms with Gasteiger partial charge in [0.1, 0.15) is 0 Å². The minimum atomic E-state index is -3.75. The molecule has 0 aliphatic carbocycles. The Balaban J connectivity index is 1.95. The van der Waals surface area contributed by atoms with Gasteiger partial charge in [-0.05, 0) is 48.9 Å². The first-order valence-electron chi connectivity index (χ1n) is 7.38. The molecule has 0 aliphatic heterocycles. The molecule has 0 bridgehead atoms. The molecule has 0 radical (unpaired) electrons. The van der Waals surface area contributed by atoms with Crippen LogP contribution in [0.15, 0.2) is 65.8 Å². The molecular formula is C17H15ClN4O2S. The summed E-state index contributed by atoms with van der Waals surface area (Å²) in [5.74, 6) is 0.378. The van der Waals surface area contributed by atoms with Crippen LogP contribution in [-0.2, 0) is 10.0 Å². The molecule has 1 heterocycles. The number of aryl methyl sites for hydroxylation is 1. The molecule has 0 aliphatic rings. The molecular weight excluding hydrogens is 360 g/mol. The van der Waals surface area contributed by atoms with Crippen LogP contribution in [0.5, 0.6) is 0 Å². The van der Waals surface area contributed by atoms with Gasteiger partial charge in [-0.3, -0.25) is 4.72 Å². The highest BCUT2D eigenvalue weighted by atomic mass is 35.5. The van der Waals surface area contributed by atoms with Crippen molar-refractivity contribution in [2.75, 3.05) is 10.0 Å². The number of sulfonamides is 1. The molecule has 8 heteroatoms. The minimum absolute atomic E-state index is 0.125. The van der Waals surface area contributed by atoms with Crippen molar-refractivity contribution in [1.82, 2.24) is 9.97 Å². The van der Waals surface area contributed by atoms with E-state index in [2.05, 4.69) is 20.0 Å². The van der Waals surface area contributed by atoms with Crippen LogP contribution < -0.4 is 10.0 Å². The number of hydrogen-bond donors (Lipinski definition) is 2. The highest BCUT2D eigenvalue weighted by Crippen LogP contribution is 2.30. The van der Waals surface area contributed by atoms with Crippen molar-refractivity contribution in [3.05, 3.63) is 71.5 Å². The van der Waals surface area contributed by atoms with E-state index in [1.54, 1.807) is 30.6 Å². The standard InChI is InChI=1S/C17H15ClN4O2S/c1-12-4-2-5-15(16(12)21-17-19-10-3-11-20-17)22-25(23,24)14-8-6-13(18)7-9-14/h2-11,22H,1H3,(H,19,20,21). The van der Waals surface area contributed by atoms with Gasteiger partial charge in [-0.2, -0.15) is 0 Å². The zero-order valence-electron chi connectivity index (χ0n) is 13.3. The number of hydrogen-bond acceptors (Lipinski definition) is 5. The van der Waals surface area contributed by atoms with Gasteiger partial charge in [0.05, 0.1) is 16.3 Å². The molecule has 128 valence electrons. The lowest BCUT2D eigenvalue weighted by Gasteiger charge is -2.15. The van der Waals surface area contributed by atoms with E-state index in [1.165, 1.54) is 24.3 Å². The molecule has 6 nitrogen and oxygen atoms in total. The van der Waals surface area contributed by atoms with Crippen LogP contribution in [0.1, 0.15) is 5.56 Å². The van der Waals surface area contributed by atoms with E-state index in [9.17, 15) is 8.42 Å². The summed E-state index contributed by atoms with van der Waals surface area (Å²) in [6.07, 6.45) is 3.20. The first-order chi connectivity index (χ1) is 12.0. The van der Waals surface area contributed by atoms with E-state index in [0.29, 0.717) is 22.3 Å². The van der Waals surface area contributed by atoms with Crippen LogP contribution >= 0.6 is 11.6 Å². The largest absolute Gasteiger partial charge is 0.322 e. The third kappa shape index (κ3) is 4.07. The fourth-order valence-electron chi connectivity index (χ4n) is 2.21. The summed E-state index contributed by atoms with van der Waals surface area (Å²) in [6.45, 7) is 1.87. The Morgan fingerprint density at radius 2 is 1.64 bits per heavy atom. The van der Waals surface area contributed by atoms with E-state index >= 15 is 0 Å². The Morgan fingerprint density at radius 3 is 2.32 bits per heavy atom. The Hall–Kier alpha value is -2.64. The summed E-state index contributed by atoms with van der Waals surface area (Å²) < 4.78 is 27.8. The lowest BCUT2D eigenvalue weighted by atomic mass is 10.2. The molecule has 0 fully saturated rings. The second-order valence-corrected chi connectivity index (χ2v) is 7.37. The fourth-order valence-corrected chi connectivity index (χ4v) is 3.41. The van der Waals surface area contributed by atoms with Crippen LogP contribution in [0.4, 0.5) is 17.3 Å². The van der Waals surface area contributed by atoms with Crippen LogP contribution in [0.25, 0.3) is 0 Å². The predicted octanol–water partition coefficient (Wildman–Crippen LogP) is 3.98. The van der Waals surface area contributed by atoms with Crippen molar-refractivity contribution in [3.8, 4) is 0 Å². The molecule has 2 aromatic carbocycles. The predicted molar refractivity (Wildman–Crippen MR) is 98.8 cm³/mol. The van der Waals surface area contributed by atoms with Crippen LogP contribution in [0.2, 0.25) is 5.02 Å². The van der Waals surface area contributed by atoms with Gasteiger partial charge < -0.3 is 5.32 Å². The van der Waals surface area contributed by atoms with Gasteiger partial charge in [0.25, 0.3) is 10.0 Å². The fraction of sp³-hybridized carbons (Fsp3) is 0.0588. The Bertz CT molecular complexity index is 977. The highest BCUT2D eigenvalue weighted by molar-refractivity contribution is 7.92. The molecule has 0 saturated heterocycles. The number of benzene rings is 2. The minimum Gasteiger partial charge on any atom is -0.322 e. The van der Waals surface area contributed by atoms with E-state index in [-0.39, 0.29) is 4.90 Å². The van der Waals surface area contributed by atoms with Crippen molar-refractivity contribution in [1.29, 1.82) is 0 Å². The van der Waals surface area contributed by atoms with Gasteiger partial charge in [0.15, 0.2) is 0 Å². The van der Waals surface area contributed by atoms with Crippen LogP contribution in [-0.4, -0.2) is 18.4 Å². The van der Waals surface area contributed by atoms with Crippen molar-refractivity contribution < 1.29 is 8.42 Å². The number of nitrogens with zero attached hydrogens (tertiary/aromatic N) is 2. The summed E-state index contributed by atoms with van der Waals surface area (Å²) in [6, 6.07) is 13.0. The lowest BCUT2D eigenvalue weighted by Crippen LogP contribution is -2.14. The summed E-state index contributed by atoms with van der Waals surface area (Å²) in [5, 5.41) is 3.52. The molecule has 0 unspecified atom stereocenters. The number of nitrogens with one attached hydrogen (secondary N) is 2. The van der Waals surface area contributed by atoms with E-state index in [1.807, 2.05) is 13.0 Å². The molecule has 25 heavy (non-hydrogen) atoms.